The molecule has 0 aromatic heterocycles. The van der Waals surface area contributed by atoms with Crippen molar-refractivity contribution in [3.05, 3.63) is 65.2 Å². The largest absolute Gasteiger partial charge is 0.383 e. The second-order valence-electron chi connectivity index (χ2n) is 5.53. The van der Waals surface area contributed by atoms with Gasteiger partial charge in [0.25, 0.3) is 5.91 Å². The van der Waals surface area contributed by atoms with Crippen LogP contribution in [0.25, 0.3) is 0 Å². The highest BCUT2D eigenvalue weighted by Gasteiger charge is 2.16. The first kappa shape index (κ1) is 19.1. The van der Waals surface area contributed by atoms with Crippen LogP contribution in [0.5, 0.6) is 0 Å². The van der Waals surface area contributed by atoms with Crippen molar-refractivity contribution in [2.45, 2.75) is 18.4 Å². The summed E-state index contributed by atoms with van der Waals surface area (Å²) in [5.41, 5.74) is 2.20. The predicted octanol–water partition coefficient (Wildman–Crippen LogP) is 1.85. The van der Waals surface area contributed by atoms with Gasteiger partial charge >= 0.3 is 0 Å². The fraction of sp³-hybridized carbons (Fsp3) is 0.278. The van der Waals surface area contributed by atoms with Gasteiger partial charge in [0.15, 0.2) is 0 Å². The molecule has 0 fully saturated rings. The normalized spacial score (nSPS) is 11.3. The Morgan fingerprint density at radius 1 is 1.12 bits per heavy atom. The molecule has 2 rings (SSSR count). The van der Waals surface area contributed by atoms with E-state index >= 15 is 0 Å². The van der Waals surface area contributed by atoms with Crippen molar-refractivity contribution in [1.82, 2.24) is 10.0 Å². The molecule has 0 unspecified atom stereocenters. The van der Waals surface area contributed by atoms with Crippen molar-refractivity contribution in [3.8, 4) is 0 Å². The van der Waals surface area contributed by atoms with Crippen molar-refractivity contribution in [2.75, 3.05) is 20.3 Å². The van der Waals surface area contributed by atoms with Crippen LogP contribution in [0.3, 0.4) is 0 Å². The number of carbonyl (C=O) groups is 1. The van der Waals surface area contributed by atoms with Gasteiger partial charge in [-0.15, -0.1) is 0 Å². The summed E-state index contributed by atoms with van der Waals surface area (Å²) in [6.07, 6.45) is 0. The van der Waals surface area contributed by atoms with Crippen molar-refractivity contribution >= 4 is 15.9 Å². The quantitative estimate of drug-likeness (QED) is 0.702. The van der Waals surface area contributed by atoms with Crippen LogP contribution in [-0.4, -0.2) is 34.6 Å². The maximum absolute atomic E-state index is 12.5. The molecule has 2 N–H and O–H groups in total. The van der Waals surface area contributed by atoms with E-state index in [4.69, 9.17) is 4.74 Å². The maximum atomic E-state index is 12.5. The van der Waals surface area contributed by atoms with Crippen LogP contribution in [0, 0.1) is 6.92 Å². The third-order valence-electron chi connectivity index (χ3n) is 3.71. The topological polar surface area (TPSA) is 84.5 Å². The summed E-state index contributed by atoms with van der Waals surface area (Å²) >= 11 is 0. The number of aryl methyl sites for hydroxylation is 1. The molecule has 0 radical (unpaired) electrons. The van der Waals surface area contributed by atoms with Crippen LogP contribution in [0.4, 0.5) is 0 Å². The van der Waals surface area contributed by atoms with Gasteiger partial charge in [-0.05, 0) is 36.2 Å². The summed E-state index contributed by atoms with van der Waals surface area (Å²) in [6.45, 7) is 2.87. The van der Waals surface area contributed by atoms with E-state index in [2.05, 4.69) is 10.0 Å². The predicted molar refractivity (Wildman–Crippen MR) is 95.9 cm³/mol. The van der Waals surface area contributed by atoms with Crippen LogP contribution in [0.2, 0.25) is 0 Å². The van der Waals surface area contributed by atoms with Gasteiger partial charge in [-0.25, -0.2) is 13.1 Å². The minimum atomic E-state index is -3.71. The van der Waals surface area contributed by atoms with Gasteiger partial charge < -0.3 is 10.1 Å². The average Bonchev–Trinajstić information content (AvgIpc) is 2.61. The van der Waals surface area contributed by atoms with E-state index < -0.39 is 10.0 Å². The Balaban J connectivity index is 2.10. The maximum Gasteiger partial charge on any atom is 0.251 e. The lowest BCUT2D eigenvalue weighted by atomic mass is 10.1. The van der Waals surface area contributed by atoms with E-state index in [-0.39, 0.29) is 22.9 Å². The number of ether oxygens (including phenoxy) is 1. The number of carbonyl (C=O) groups excluding carboxylic acids is 1. The molecule has 2 aromatic carbocycles. The fourth-order valence-electron chi connectivity index (χ4n) is 2.24. The SMILES string of the molecule is COCCNC(=O)c1cccc(S(=O)(=O)NCc2ccccc2C)c1. The third-order valence-corrected chi connectivity index (χ3v) is 5.11. The van der Waals surface area contributed by atoms with Gasteiger partial charge in [-0.2, -0.15) is 0 Å². The molecular formula is C18H22N2O4S. The molecule has 0 saturated carbocycles. The number of sulfonamides is 1. The highest BCUT2D eigenvalue weighted by Crippen LogP contribution is 2.13. The lowest BCUT2D eigenvalue weighted by Crippen LogP contribution is -2.28. The smallest absolute Gasteiger partial charge is 0.251 e. The van der Waals surface area contributed by atoms with Crippen LogP contribution in [-0.2, 0) is 21.3 Å². The Morgan fingerprint density at radius 2 is 1.88 bits per heavy atom. The van der Waals surface area contributed by atoms with Gasteiger partial charge in [0.1, 0.15) is 0 Å². The number of nitrogens with one attached hydrogen (secondary N) is 2. The Morgan fingerprint density at radius 3 is 2.60 bits per heavy atom. The average molecular weight is 362 g/mol. The molecule has 0 aliphatic carbocycles. The summed E-state index contributed by atoms with van der Waals surface area (Å²) in [5, 5.41) is 2.66. The minimum Gasteiger partial charge on any atom is -0.383 e. The Labute approximate surface area is 148 Å². The van der Waals surface area contributed by atoms with Gasteiger partial charge in [0.05, 0.1) is 11.5 Å². The molecule has 6 nitrogen and oxygen atoms in total. The van der Waals surface area contributed by atoms with Gasteiger partial charge in [-0.1, -0.05) is 30.3 Å². The van der Waals surface area contributed by atoms with E-state index in [0.717, 1.165) is 11.1 Å². The monoisotopic (exact) mass is 362 g/mol. The summed E-state index contributed by atoms with van der Waals surface area (Å²) in [6, 6.07) is 13.5. The molecule has 0 atom stereocenters. The summed E-state index contributed by atoms with van der Waals surface area (Å²) in [7, 11) is -2.17. The number of hydrogen-bond acceptors (Lipinski definition) is 4. The molecule has 1 amide bonds. The first-order chi connectivity index (χ1) is 11.9. The number of amides is 1. The van der Waals surface area contributed by atoms with Crippen LogP contribution in [0.15, 0.2) is 53.4 Å². The zero-order valence-electron chi connectivity index (χ0n) is 14.3. The highest BCUT2D eigenvalue weighted by molar-refractivity contribution is 7.89. The van der Waals surface area contributed by atoms with Gasteiger partial charge in [0.2, 0.25) is 10.0 Å². The molecule has 0 heterocycles. The van der Waals surface area contributed by atoms with E-state index in [0.29, 0.717) is 13.2 Å². The molecule has 7 heteroatoms. The van der Waals surface area contributed by atoms with Crippen LogP contribution < -0.4 is 10.0 Å². The lowest BCUT2D eigenvalue weighted by molar-refractivity contribution is 0.0937. The van der Waals surface area contributed by atoms with Crippen molar-refractivity contribution in [3.63, 3.8) is 0 Å². The Hall–Kier alpha value is -2.22. The molecular weight excluding hydrogens is 340 g/mol. The zero-order chi connectivity index (χ0) is 18.3. The van der Waals surface area contributed by atoms with Crippen molar-refractivity contribution < 1.29 is 17.9 Å². The van der Waals surface area contributed by atoms with E-state index in [1.165, 1.54) is 12.1 Å². The van der Waals surface area contributed by atoms with Crippen molar-refractivity contribution in [1.29, 1.82) is 0 Å². The highest BCUT2D eigenvalue weighted by atomic mass is 32.2. The van der Waals surface area contributed by atoms with Gasteiger partial charge in [0, 0.05) is 25.8 Å². The number of hydrogen-bond donors (Lipinski definition) is 2. The fourth-order valence-corrected chi connectivity index (χ4v) is 3.29. The second-order valence-corrected chi connectivity index (χ2v) is 7.29. The van der Waals surface area contributed by atoms with E-state index in [9.17, 15) is 13.2 Å². The van der Waals surface area contributed by atoms with Gasteiger partial charge in [-0.3, -0.25) is 4.79 Å². The molecule has 0 aliphatic heterocycles. The molecule has 0 saturated heterocycles. The van der Waals surface area contributed by atoms with E-state index in [1.54, 1.807) is 19.2 Å². The third kappa shape index (κ3) is 5.38. The molecule has 2 aromatic rings. The standard InChI is InChI=1S/C18H22N2O4S/c1-14-6-3-4-7-16(14)13-20-25(22,23)17-9-5-8-15(12-17)18(21)19-10-11-24-2/h3-9,12,20H,10-11,13H2,1-2H3,(H,19,21). The lowest BCUT2D eigenvalue weighted by Gasteiger charge is -2.10. The molecule has 25 heavy (non-hydrogen) atoms. The Bertz CT molecular complexity index is 834. The molecule has 134 valence electrons. The zero-order valence-corrected chi connectivity index (χ0v) is 15.1. The van der Waals surface area contributed by atoms with Crippen LogP contribution in [0.1, 0.15) is 21.5 Å². The Kier molecular flexibility index (Phi) is 6.69. The first-order valence-corrected chi connectivity index (χ1v) is 9.34. The number of benzene rings is 2. The summed E-state index contributed by atoms with van der Waals surface area (Å²) < 4.78 is 32.4. The second kappa shape index (κ2) is 8.75. The first-order valence-electron chi connectivity index (χ1n) is 7.85. The summed E-state index contributed by atoms with van der Waals surface area (Å²) in [5.74, 6) is -0.340. The number of methoxy groups -OCH3 is 1. The van der Waals surface area contributed by atoms with Crippen molar-refractivity contribution in [2.24, 2.45) is 0 Å². The molecule has 0 aliphatic rings. The number of rotatable bonds is 8. The van der Waals surface area contributed by atoms with E-state index in [1.807, 2.05) is 31.2 Å². The molecule has 0 bridgehead atoms. The summed E-state index contributed by atoms with van der Waals surface area (Å²) in [4.78, 5) is 12.1. The molecule has 0 spiro atoms. The minimum absolute atomic E-state index is 0.0560. The van der Waals surface area contributed by atoms with Crippen LogP contribution >= 0.6 is 0 Å².